The summed E-state index contributed by atoms with van der Waals surface area (Å²) in [6.45, 7) is 5.10. The molecule has 3 aromatic carbocycles. The van der Waals surface area contributed by atoms with E-state index in [0.29, 0.717) is 32.4 Å². The SMILES string of the molecule is COCCCn1c(C2CCCN(C(=O)CC(N)Cc3ccc(-c4ccc5c(c4)CC(=O)N5)cc3)C2)nc2c(C)cccc21. The highest BCUT2D eigenvalue weighted by Gasteiger charge is 2.29. The zero-order chi connectivity index (χ0) is 29.9. The minimum absolute atomic E-state index is 0.0407. The van der Waals surface area contributed by atoms with Gasteiger partial charge in [-0.2, -0.15) is 0 Å². The van der Waals surface area contributed by atoms with E-state index in [-0.39, 0.29) is 23.8 Å². The third kappa shape index (κ3) is 6.36. The summed E-state index contributed by atoms with van der Waals surface area (Å²) in [4.78, 5) is 32.2. The fourth-order valence-electron chi connectivity index (χ4n) is 6.60. The number of nitrogens with one attached hydrogen (secondary N) is 1. The summed E-state index contributed by atoms with van der Waals surface area (Å²) in [5, 5.41) is 2.88. The van der Waals surface area contributed by atoms with E-state index in [0.717, 1.165) is 77.2 Å². The molecule has 4 aromatic rings. The molecule has 43 heavy (non-hydrogen) atoms. The normalized spacial score (nSPS) is 17.2. The van der Waals surface area contributed by atoms with Crippen molar-refractivity contribution in [1.29, 1.82) is 0 Å². The van der Waals surface area contributed by atoms with Gasteiger partial charge in [0.2, 0.25) is 11.8 Å². The van der Waals surface area contributed by atoms with Crippen LogP contribution < -0.4 is 11.1 Å². The number of methoxy groups -OCH3 is 1. The number of carbonyl (C=O) groups excluding carboxylic acids is 2. The lowest BCUT2D eigenvalue weighted by Gasteiger charge is -2.33. The molecule has 2 atom stereocenters. The molecule has 2 amide bonds. The van der Waals surface area contributed by atoms with Gasteiger partial charge in [-0.25, -0.2) is 4.98 Å². The van der Waals surface area contributed by atoms with Crippen molar-refractivity contribution in [3.63, 3.8) is 0 Å². The second-order valence-electron chi connectivity index (χ2n) is 12.1. The molecule has 3 heterocycles. The second-order valence-corrected chi connectivity index (χ2v) is 12.1. The Labute approximate surface area is 253 Å². The molecule has 8 nitrogen and oxygen atoms in total. The van der Waals surface area contributed by atoms with Crippen molar-refractivity contribution in [2.24, 2.45) is 5.73 Å². The molecule has 2 unspecified atom stereocenters. The number of nitrogens with two attached hydrogens (primary N) is 1. The van der Waals surface area contributed by atoms with Gasteiger partial charge in [-0.1, -0.05) is 42.5 Å². The summed E-state index contributed by atoms with van der Waals surface area (Å²) in [6.07, 6.45) is 4.28. The van der Waals surface area contributed by atoms with Crippen molar-refractivity contribution >= 4 is 28.5 Å². The van der Waals surface area contributed by atoms with Crippen LogP contribution in [-0.2, 0) is 33.7 Å². The first-order valence-corrected chi connectivity index (χ1v) is 15.4. The molecular formula is C35H41N5O3. The molecule has 0 radical (unpaired) electrons. The van der Waals surface area contributed by atoms with Gasteiger partial charge in [0, 0.05) is 57.4 Å². The average molecular weight is 580 g/mol. The van der Waals surface area contributed by atoms with Crippen molar-refractivity contribution < 1.29 is 14.3 Å². The maximum atomic E-state index is 13.4. The lowest BCUT2D eigenvalue weighted by Crippen LogP contribution is -2.42. The Hall–Kier alpha value is -4.01. The molecule has 3 N–H and O–H groups in total. The molecule has 0 saturated carbocycles. The number of benzene rings is 3. The van der Waals surface area contributed by atoms with Gasteiger partial charge in [0.25, 0.3) is 0 Å². The standard InChI is InChI=1S/C35H41N5O3/c1-23-6-3-8-31-34(23)38-35(40(31)16-5-17-43-2)27-7-4-15-39(22-27)33(42)21-29(36)18-24-9-11-25(12-10-24)26-13-14-30-28(19-26)20-32(41)37-30/h3,6,8-14,19,27,29H,4-5,7,15-18,20-22,36H2,1-2H3,(H,37,41). The van der Waals surface area contributed by atoms with Crippen LogP contribution in [0.5, 0.6) is 0 Å². The highest BCUT2D eigenvalue weighted by molar-refractivity contribution is 5.99. The van der Waals surface area contributed by atoms with E-state index in [1.807, 2.05) is 17.0 Å². The third-order valence-corrected chi connectivity index (χ3v) is 8.83. The number of para-hydroxylation sites is 1. The van der Waals surface area contributed by atoms with Gasteiger partial charge in [-0.05, 0) is 78.6 Å². The van der Waals surface area contributed by atoms with Crippen LogP contribution in [0.1, 0.15) is 54.1 Å². The number of likely N-dealkylation sites (tertiary alicyclic amines) is 1. The van der Waals surface area contributed by atoms with E-state index in [4.69, 9.17) is 15.5 Å². The van der Waals surface area contributed by atoms with E-state index >= 15 is 0 Å². The number of amides is 2. The van der Waals surface area contributed by atoms with Crippen molar-refractivity contribution in [1.82, 2.24) is 14.5 Å². The van der Waals surface area contributed by atoms with Gasteiger partial charge in [0.1, 0.15) is 5.82 Å². The molecule has 2 aliphatic rings. The lowest BCUT2D eigenvalue weighted by molar-refractivity contribution is -0.132. The van der Waals surface area contributed by atoms with Crippen LogP contribution in [0.2, 0.25) is 0 Å². The molecule has 0 spiro atoms. The summed E-state index contributed by atoms with van der Waals surface area (Å²) >= 11 is 0. The zero-order valence-electron chi connectivity index (χ0n) is 25.1. The van der Waals surface area contributed by atoms with Gasteiger partial charge in [0.15, 0.2) is 0 Å². The highest BCUT2D eigenvalue weighted by Crippen LogP contribution is 2.32. The monoisotopic (exact) mass is 579 g/mol. The quantitative estimate of drug-likeness (QED) is 0.251. The minimum atomic E-state index is -0.253. The number of hydrogen-bond donors (Lipinski definition) is 2. The number of fused-ring (bicyclic) bond motifs is 2. The number of piperidine rings is 1. The van der Waals surface area contributed by atoms with E-state index in [1.54, 1.807) is 7.11 Å². The van der Waals surface area contributed by atoms with Crippen LogP contribution in [-0.4, -0.2) is 59.1 Å². The van der Waals surface area contributed by atoms with Crippen molar-refractivity contribution in [3.8, 4) is 11.1 Å². The highest BCUT2D eigenvalue weighted by atomic mass is 16.5. The Bertz CT molecular complexity index is 1630. The molecule has 0 aliphatic carbocycles. The average Bonchev–Trinajstić information content (AvgIpc) is 3.57. The topological polar surface area (TPSA) is 102 Å². The first kappa shape index (κ1) is 29.1. The Balaban J connectivity index is 1.08. The molecule has 6 rings (SSSR count). The van der Waals surface area contributed by atoms with Crippen LogP contribution in [0.15, 0.2) is 60.7 Å². The van der Waals surface area contributed by atoms with Crippen LogP contribution in [0, 0.1) is 6.92 Å². The molecule has 1 saturated heterocycles. The predicted molar refractivity (Wildman–Crippen MR) is 170 cm³/mol. The number of aryl methyl sites for hydroxylation is 2. The van der Waals surface area contributed by atoms with Gasteiger partial charge in [0.05, 0.1) is 17.5 Å². The molecule has 8 heteroatoms. The van der Waals surface area contributed by atoms with Crippen LogP contribution in [0.3, 0.4) is 0 Å². The smallest absolute Gasteiger partial charge is 0.228 e. The number of hydrogen-bond acceptors (Lipinski definition) is 5. The number of ether oxygens (including phenoxy) is 1. The maximum Gasteiger partial charge on any atom is 0.228 e. The van der Waals surface area contributed by atoms with E-state index in [2.05, 4.69) is 65.3 Å². The van der Waals surface area contributed by atoms with Crippen LogP contribution >= 0.6 is 0 Å². The molecule has 1 aromatic heterocycles. The largest absolute Gasteiger partial charge is 0.385 e. The summed E-state index contributed by atoms with van der Waals surface area (Å²) in [7, 11) is 1.74. The first-order chi connectivity index (χ1) is 20.9. The summed E-state index contributed by atoms with van der Waals surface area (Å²) in [6, 6.07) is 20.5. The molecule has 0 bridgehead atoms. The Morgan fingerprint density at radius 2 is 1.95 bits per heavy atom. The van der Waals surface area contributed by atoms with Crippen molar-refractivity contribution in [3.05, 3.63) is 83.2 Å². The van der Waals surface area contributed by atoms with Gasteiger partial charge in [-0.3, -0.25) is 9.59 Å². The van der Waals surface area contributed by atoms with Crippen molar-refractivity contribution in [2.45, 2.75) is 64.0 Å². The summed E-state index contributed by atoms with van der Waals surface area (Å²) < 4.78 is 7.66. The van der Waals surface area contributed by atoms with Gasteiger partial charge < -0.3 is 25.3 Å². The third-order valence-electron chi connectivity index (χ3n) is 8.83. The number of imidazole rings is 1. The number of carbonyl (C=O) groups is 2. The number of anilines is 1. The van der Waals surface area contributed by atoms with Gasteiger partial charge >= 0.3 is 0 Å². The lowest BCUT2D eigenvalue weighted by atomic mass is 9.95. The van der Waals surface area contributed by atoms with Crippen molar-refractivity contribution in [2.75, 3.05) is 32.1 Å². The number of nitrogens with zero attached hydrogens (tertiary/aromatic N) is 3. The number of rotatable bonds is 10. The molecule has 1 fully saturated rings. The predicted octanol–water partition coefficient (Wildman–Crippen LogP) is 5.21. The number of aromatic nitrogens is 2. The van der Waals surface area contributed by atoms with E-state index in [1.165, 1.54) is 5.56 Å². The zero-order valence-corrected chi connectivity index (χ0v) is 25.1. The van der Waals surface area contributed by atoms with E-state index in [9.17, 15) is 9.59 Å². The molecule has 224 valence electrons. The minimum Gasteiger partial charge on any atom is -0.385 e. The fraction of sp³-hybridized carbons (Fsp3) is 0.400. The molecular weight excluding hydrogens is 538 g/mol. The Morgan fingerprint density at radius 1 is 1.14 bits per heavy atom. The van der Waals surface area contributed by atoms with Gasteiger partial charge in [-0.15, -0.1) is 0 Å². The Kier molecular flexibility index (Phi) is 8.58. The van der Waals surface area contributed by atoms with Crippen LogP contribution in [0.4, 0.5) is 5.69 Å². The first-order valence-electron chi connectivity index (χ1n) is 15.4. The van der Waals surface area contributed by atoms with Crippen LogP contribution in [0.25, 0.3) is 22.2 Å². The second kappa shape index (κ2) is 12.7. The summed E-state index contributed by atoms with van der Waals surface area (Å²) in [5.74, 6) is 1.43. The Morgan fingerprint density at radius 3 is 2.77 bits per heavy atom. The molecule has 2 aliphatic heterocycles. The van der Waals surface area contributed by atoms with E-state index < -0.39 is 0 Å². The summed E-state index contributed by atoms with van der Waals surface area (Å²) in [5.41, 5.74) is 15.1. The maximum absolute atomic E-state index is 13.4. The fourth-order valence-corrected chi connectivity index (χ4v) is 6.60.